The molecule has 0 aliphatic rings. The van der Waals surface area contributed by atoms with E-state index >= 15 is 0 Å². The maximum absolute atomic E-state index is 4.21. The van der Waals surface area contributed by atoms with E-state index in [0.29, 0.717) is 12.0 Å². The Morgan fingerprint density at radius 3 is 2.82 bits per heavy atom. The van der Waals surface area contributed by atoms with Gasteiger partial charge in [-0.15, -0.1) is 10.2 Å². The van der Waals surface area contributed by atoms with Crippen molar-refractivity contribution >= 4 is 5.65 Å². The van der Waals surface area contributed by atoms with Gasteiger partial charge in [0.25, 0.3) is 0 Å². The fraction of sp³-hybridized carbons (Fsp3) is 0.538. The van der Waals surface area contributed by atoms with Gasteiger partial charge in [-0.25, -0.2) is 0 Å². The Morgan fingerprint density at radius 1 is 1.29 bits per heavy atom. The van der Waals surface area contributed by atoms with Crippen molar-refractivity contribution in [2.45, 2.75) is 39.8 Å². The smallest absolute Gasteiger partial charge is 0.160 e. The van der Waals surface area contributed by atoms with Crippen LogP contribution in [0.25, 0.3) is 5.65 Å². The third-order valence-electron chi connectivity index (χ3n) is 3.15. The first-order valence-electron chi connectivity index (χ1n) is 6.24. The summed E-state index contributed by atoms with van der Waals surface area (Å²) in [5.74, 6) is 1.61. The number of hydrogen-bond donors (Lipinski definition) is 1. The van der Waals surface area contributed by atoms with E-state index in [1.54, 1.807) is 0 Å². The highest BCUT2D eigenvalue weighted by atomic mass is 15.3. The minimum atomic E-state index is 0.533. The maximum Gasteiger partial charge on any atom is 0.160 e. The first-order chi connectivity index (χ1) is 8.22. The Balaban J connectivity index is 2.08. The molecule has 0 saturated carbocycles. The van der Waals surface area contributed by atoms with E-state index in [4.69, 9.17) is 0 Å². The summed E-state index contributed by atoms with van der Waals surface area (Å²) in [6.07, 6.45) is 3.14. The second kappa shape index (κ2) is 5.27. The SMILES string of the molecule is CCC(NCc1nnc2ccccn12)C(C)C. The van der Waals surface area contributed by atoms with Gasteiger partial charge in [-0.3, -0.25) is 4.40 Å². The molecule has 92 valence electrons. The van der Waals surface area contributed by atoms with Crippen LogP contribution in [0.4, 0.5) is 0 Å². The van der Waals surface area contributed by atoms with E-state index in [9.17, 15) is 0 Å². The zero-order valence-corrected chi connectivity index (χ0v) is 10.7. The summed E-state index contributed by atoms with van der Waals surface area (Å²) in [5, 5.41) is 11.9. The van der Waals surface area contributed by atoms with Crippen molar-refractivity contribution in [1.29, 1.82) is 0 Å². The molecule has 0 aromatic carbocycles. The first-order valence-corrected chi connectivity index (χ1v) is 6.24. The third-order valence-corrected chi connectivity index (χ3v) is 3.15. The highest BCUT2D eigenvalue weighted by molar-refractivity contribution is 5.36. The largest absolute Gasteiger partial charge is 0.307 e. The highest BCUT2D eigenvalue weighted by Gasteiger charge is 2.11. The van der Waals surface area contributed by atoms with E-state index in [1.165, 1.54) is 0 Å². The average Bonchev–Trinajstić information content (AvgIpc) is 2.73. The quantitative estimate of drug-likeness (QED) is 0.859. The summed E-state index contributed by atoms with van der Waals surface area (Å²) in [5.41, 5.74) is 0.905. The Bertz CT molecular complexity index is 475. The second-order valence-electron chi connectivity index (χ2n) is 4.68. The van der Waals surface area contributed by atoms with Gasteiger partial charge >= 0.3 is 0 Å². The van der Waals surface area contributed by atoms with E-state index in [1.807, 2.05) is 28.8 Å². The molecule has 0 radical (unpaired) electrons. The Hall–Kier alpha value is -1.42. The molecule has 0 fully saturated rings. The Labute approximate surface area is 102 Å². The lowest BCUT2D eigenvalue weighted by Crippen LogP contribution is -2.33. The predicted molar refractivity (Wildman–Crippen MR) is 68.7 cm³/mol. The first kappa shape index (κ1) is 12.0. The maximum atomic E-state index is 4.21. The van der Waals surface area contributed by atoms with Crippen molar-refractivity contribution in [2.75, 3.05) is 0 Å². The molecule has 0 bridgehead atoms. The van der Waals surface area contributed by atoms with Crippen LogP contribution in [0.2, 0.25) is 0 Å². The number of nitrogens with one attached hydrogen (secondary N) is 1. The van der Waals surface area contributed by atoms with Gasteiger partial charge in [0.05, 0.1) is 6.54 Å². The van der Waals surface area contributed by atoms with Crippen LogP contribution in [-0.2, 0) is 6.54 Å². The molecule has 1 N–H and O–H groups in total. The molecule has 2 aromatic rings. The second-order valence-corrected chi connectivity index (χ2v) is 4.68. The van der Waals surface area contributed by atoms with Gasteiger partial charge in [0, 0.05) is 12.2 Å². The number of hydrogen-bond acceptors (Lipinski definition) is 3. The molecule has 0 spiro atoms. The van der Waals surface area contributed by atoms with Crippen molar-refractivity contribution in [3.8, 4) is 0 Å². The summed E-state index contributed by atoms with van der Waals surface area (Å²) < 4.78 is 2.03. The van der Waals surface area contributed by atoms with Crippen molar-refractivity contribution in [3.05, 3.63) is 30.2 Å². The predicted octanol–water partition coefficient (Wildman–Crippen LogP) is 2.25. The molecule has 0 aliphatic heterocycles. The Morgan fingerprint density at radius 2 is 2.12 bits per heavy atom. The van der Waals surface area contributed by atoms with E-state index in [0.717, 1.165) is 24.4 Å². The number of aromatic nitrogens is 3. The molecule has 2 rings (SSSR count). The fourth-order valence-electron chi connectivity index (χ4n) is 2.09. The molecule has 0 aliphatic carbocycles. The van der Waals surface area contributed by atoms with Crippen LogP contribution in [0.1, 0.15) is 33.0 Å². The molecule has 1 unspecified atom stereocenters. The highest BCUT2D eigenvalue weighted by Crippen LogP contribution is 2.07. The van der Waals surface area contributed by atoms with Gasteiger partial charge in [-0.1, -0.05) is 26.8 Å². The van der Waals surface area contributed by atoms with Crippen LogP contribution in [0.15, 0.2) is 24.4 Å². The summed E-state index contributed by atoms with van der Waals surface area (Å²) in [6.45, 7) is 7.45. The molecule has 2 aromatic heterocycles. The molecular weight excluding hydrogens is 212 g/mol. The molecule has 2 heterocycles. The third kappa shape index (κ3) is 2.64. The van der Waals surface area contributed by atoms with E-state index in [2.05, 4.69) is 36.3 Å². The lowest BCUT2D eigenvalue weighted by molar-refractivity contribution is 0.383. The molecule has 1 atom stereocenters. The van der Waals surface area contributed by atoms with Gasteiger partial charge in [0.15, 0.2) is 11.5 Å². The van der Waals surface area contributed by atoms with Crippen LogP contribution in [0.3, 0.4) is 0 Å². The number of rotatable bonds is 5. The van der Waals surface area contributed by atoms with Gasteiger partial charge in [-0.2, -0.15) is 0 Å². The van der Waals surface area contributed by atoms with Crippen LogP contribution in [-0.4, -0.2) is 20.6 Å². The van der Waals surface area contributed by atoms with Crippen LogP contribution in [0.5, 0.6) is 0 Å². The van der Waals surface area contributed by atoms with Crippen molar-refractivity contribution in [3.63, 3.8) is 0 Å². The van der Waals surface area contributed by atoms with Crippen LogP contribution >= 0.6 is 0 Å². The molecular formula is C13H20N4. The number of pyridine rings is 1. The molecule has 4 nitrogen and oxygen atoms in total. The lowest BCUT2D eigenvalue weighted by Gasteiger charge is -2.20. The molecule has 17 heavy (non-hydrogen) atoms. The van der Waals surface area contributed by atoms with Crippen molar-refractivity contribution < 1.29 is 0 Å². The zero-order valence-electron chi connectivity index (χ0n) is 10.7. The molecule has 4 heteroatoms. The minimum Gasteiger partial charge on any atom is -0.307 e. The van der Waals surface area contributed by atoms with E-state index < -0.39 is 0 Å². The Kier molecular flexibility index (Phi) is 3.74. The standard InChI is InChI=1S/C13H20N4/c1-4-11(10(2)3)14-9-13-16-15-12-7-5-6-8-17(12)13/h5-8,10-11,14H,4,9H2,1-3H3. The summed E-state index contributed by atoms with van der Waals surface area (Å²) in [4.78, 5) is 0. The van der Waals surface area contributed by atoms with Crippen LogP contribution in [0, 0.1) is 5.92 Å². The molecule has 0 amide bonds. The monoisotopic (exact) mass is 232 g/mol. The van der Waals surface area contributed by atoms with Crippen LogP contribution < -0.4 is 5.32 Å². The van der Waals surface area contributed by atoms with Gasteiger partial charge in [-0.05, 0) is 24.5 Å². The average molecular weight is 232 g/mol. The number of fused-ring (bicyclic) bond motifs is 1. The number of nitrogens with zero attached hydrogens (tertiary/aromatic N) is 3. The van der Waals surface area contributed by atoms with Crippen molar-refractivity contribution in [2.24, 2.45) is 5.92 Å². The van der Waals surface area contributed by atoms with Gasteiger partial charge in [0.2, 0.25) is 0 Å². The molecule has 0 saturated heterocycles. The van der Waals surface area contributed by atoms with E-state index in [-0.39, 0.29) is 0 Å². The summed E-state index contributed by atoms with van der Waals surface area (Å²) in [6, 6.07) is 6.48. The van der Waals surface area contributed by atoms with Gasteiger partial charge < -0.3 is 5.32 Å². The normalized spacial score (nSPS) is 13.4. The van der Waals surface area contributed by atoms with Gasteiger partial charge in [0.1, 0.15) is 0 Å². The zero-order chi connectivity index (χ0) is 12.3. The van der Waals surface area contributed by atoms with Crippen molar-refractivity contribution in [1.82, 2.24) is 19.9 Å². The fourth-order valence-corrected chi connectivity index (χ4v) is 2.09. The minimum absolute atomic E-state index is 0.533. The topological polar surface area (TPSA) is 42.2 Å². The summed E-state index contributed by atoms with van der Waals surface area (Å²) in [7, 11) is 0. The summed E-state index contributed by atoms with van der Waals surface area (Å²) >= 11 is 0. The lowest BCUT2D eigenvalue weighted by atomic mass is 10.0.